The summed E-state index contributed by atoms with van der Waals surface area (Å²) in [4.78, 5) is 0. The average Bonchev–Trinajstić information content (AvgIpc) is 2.47. The zero-order chi connectivity index (χ0) is 7.61. The molecule has 0 bridgehead atoms. The lowest BCUT2D eigenvalue weighted by atomic mass is 10.1. The Morgan fingerprint density at radius 1 is 1.60 bits per heavy atom. The summed E-state index contributed by atoms with van der Waals surface area (Å²) in [7, 11) is 0. The van der Waals surface area contributed by atoms with Crippen LogP contribution < -0.4 is 5.73 Å². The quantitative estimate of drug-likeness (QED) is 0.617. The molecule has 10 heavy (non-hydrogen) atoms. The zero-order valence-electron chi connectivity index (χ0n) is 6.64. The largest absolute Gasteiger partial charge is 0.390 e. The predicted octanol–water partition coefficient (Wildman–Crippen LogP) is 1.03. The topological polar surface area (TPSA) is 46.2 Å². The van der Waals surface area contributed by atoms with Crippen LogP contribution in [0.15, 0.2) is 0 Å². The summed E-state index contributed by atoms with van der Waals surface area (Å²) in [6, 6.07) is 0.294. The normalized spacial score (nSPS) is 24.3. The summed E-state index contributed by atoms with van der Waals surface area (Å²) in [5.41, 5.74) is 5.29. The van der Waals surface area contributed by atoms with Crippen LogP contribution in [0.2, 0.25) is 0 Å². The van der Waals surface area contributed by atoms with Crippen molar-refractivity contribution in [3.8, 4) is 0 Å². The van der Waals surface area contributed by atoms with Gasteiger partial charge in [0.1, 0.15) is 0 Å². The van der Waals surface area contributed by atoms with Crippen LogP contribution in [0, 0.1) is 0 Å². The van der Waals surface area contributed by atoms with Gasteiger partial charge in [-0.2, -0.15) is 0 Å². The Kier molecular flexibility index (Phi) is 2.32. The minimum Gasteiger partial charge on any atom is -0.390 e. The standard InChI is InChI=1S/C8H17NO/c1-7(9)3-2-4-8(10)5-6-8/h7,10H,2-6,9H2,1H3. The van der Waals surface area contributed by atoms with Crippen LogP contribution in [-0.2, 0) is 0 Å². The maximum Gasteiger partial charge on any atom is 0.0650 e. The third kappa shape index (κ3) is 2.67. The van der Waals surface area contributed by atoms with Crippen molar-refractivity contribution in [1.82, 2.24) is 0 Å². The predicted molar refractivity (Wildman–Crippen MR) is 41.7 cm³/mol. The van der Waals surface area contributed by atoms with Crippen LogP contribution in [0.4, 0.5) is 0 Å². The number of hydrogen-bond acceptors (Lipinski definition) is 2. The molecule has 0 spiro atoms. The van der Waals surface area contributed by atoms with E-state index in [4.69, 9.17) is 5.73 Å². The lowest BCUT2D eigenvalue weighted by Gasteiger charge is -2.07. The van der Waals surface area contributed by atoms with Crippen LogP contribution in [0.25, 0.3) is 0 Å². The van der Waals surface area contributed by atoms with Gasteiger partial charge < -0.3 is 10.8 Å². The van der Waals surface area contributed by atoms with Crippen LogP contribution in [0.3, 0.4) is 0 Å². The number of nitrogens with two attached hydrogens (primary N) is 1. The van der Waals surface area contributed by atoms with E-state index in [1.54, 1.807) is 0 Å². The van der Waals surface area contributed by atoms with Gasteiger partial charge in [-0.1, -0.05) is 0 Å². The monoisotopic (exact) mass is 143 g/mol. The molecule has 2 nitrogen and oxygen atoms in total. The first-order chi connectivity index (χ1) is 4.62. The molecule has 0 aromatic rings. The molecule has 0 aromatic carbocycles. The maximum atomic E-state index is 9.40. The fraction of sp³-hybridized carbons (Fsp3) is 1.00. The number of rotatable bonds is 4. The van der Waals surface area contributed by atoms with Gasteiger partial charge in [0.2, 0.25) is 0 Å². The molecule has 1 saturated carbocycles. The first-order valence-corrected chi connectivity index (χ1v) is 4.10. The van der Waals surface area contributed by atoms with Gasteiger partial charge >= 0.3 is 0 Å². The summed E-state index contributed by atoms with van der Waals surface area (Å²) >= 11 is 0. The van der Waals surface area contributed by atoms with E-state index in [1.807, 2.05) is 6.92 Å². The minimum absolute atomic E-state index is 0.269. The molecule has 1 aliphatic carbocycles. The molecular formula is C8H17NO. The Hall–Kier alpha value is -0.0800. The summed E-state index contributed by atoms with van der Waals surface area (Å²) in [5.74, 6) is 0. The van der Waals surface area contributed by atoms with E-state index in [1.165, 1.54) is 0 Å². The minimum atomic E-state index is -0.269. The average molecular weight is 143 g/mol. The van der Waals surface area contributed by atoms with Gasteiger partial charge in [-0.3, -0.25) is 0 Å². The van der Waals surface area contributed by atoms with Gasteiger partial charge in [0.25, 0.3) is 0 Å². The Morgan fingerprint density at radius 3 is 2.60 bits per heavy atom. The molecule has 1 fully saturated rings. The molecule has 1 rings (SSSR count). The van der Waals surface area contributed by atoms with Crippen molar-refractivity contribution in [2.75, 3.05) is 0 Å². The molecule has 60 valence electrons. The van der Waals surface area contributed by atoms with Crippen molar-refractivity contribution in [3.05, 3.63) is 0 Å². The summed E-state index contributed by atoms with van der Waals surface area (Å²) in [5, 5.41) is 9.40. The molecule has 0 aromatic heterocycles. The van der Waals surface area contributed by atoms with E-state index in [-0.39, 0.29) is 5.60 Å². The zero-order valence-corrected chi connectivity index (χ0v) is 6.64. The molecule has 0 aliphatic heterocycles. The third-order valence-corrected chi connectivity index (χ3v) is 2.13. The SMILES string of the molecule is CC(N)CCCC1(O)CC1. The smallest absolute Gasteiger partial charge is 0.0650 e. The fourth-order valence-corrected chi connectivity index (χ4v) is 1.15. The molecule has 0 radical (unpaired) electrons. The van der Waals surface area contributed by atoms with Gasteiger partial charge in [-0.05, 0) is 39.0 Å². The first kappa shape index (κ1) is 8.02. The molecule has 0 amide bonds. The molecule has 0 heterocycles. The third-order valence-electron chi connectivity index (χ3n) is 2.13. The Bertz CT molecular complexity index is 108. The highest BCUT2D eigenvalue weighted by Gasteiger charge is 2.39. The highest BCUT2D eigenvalue weighted by molar-refractivity contribution is 4.92. The van der Waals surface area contributed by atoms with Gasteiger partial charge in [-0.15, -0.1) is 0 Å². The van der Waals surface area contributed by atoms with Crippen molar-refractivity contribution in [2.24, 2.45) is 5.73 Å². The Morgan fingerprint density at radius 2 is 2.20 bits per heavy atom. The number of aliphatic hydroxyl groups is 1. The van der Waals surface area contributed by atoms with E-state index in [2.05, 4.69) is 0 Å². The highest BCUT2D eigenvalue weighted by Crippen LogP contribution is 2.39. The van der Waals surface area contributed by atoms with Crippen molar-refractivity contribution in [3.63, 3.8) is 0 Å². The Balaban J connectivity index is 1.95. The van der Waals surface area contributed by atoms with Crippen molar-refractivity contribution in [2.45, 2.75) is 50.7 Å². The lowest BCUT2D eigenvalue weighted by Crippen LogP contribution is -2.16. The van der Waals surface area contributed by atoms with E-state index in [9.17, 15) is 5.11 Å². The van der Waals surface area contributed by atoms with Crippen molar-refractivity contribution >= 4 is 0 Å². The second kappa shape index (κ2) is 2.89. The van der Waals surface area contributed by atoms with Gasteiger partial charge in [0.05, 0.1) is 5.60 Å². The summed E-state index contributed by atoms with van der Waals surface area (Å²) < 4.78 is 0. The van der Waals surface area contributed by atoms with Crippen molar-refractivity contribution < 1.29 is 5.11 Å². The van der Waals surface area contributed by atoms with E-state index >= 15 is 0 Å². The second-order valence-electron chi connectivity index (χ2n) is 3.59. The molecule has 1 unspecified atom stereocenters. The van der Waals surface area contributed by atoms with E-state index in [0.29, 0.717) is 6.04 Å². The van der Waals surface area contributed by atoms with Gasteiger partial charge in [0, 0.05) is 6.04 Å². The highest BCUT2D eigenvalue weighted by atomic mass is 16.3. The molecule has 2 heteroatoms. The second-order valence-corrected chi connectivity index (χ2v) is 3.59. The molecule has 1 atom stereocenters. The maximum absolute atomic E-state index is 9.40. The van der Waals surface area contributed by atoms with Crippen molar-refractivity contribution in [1.29, 1.82) is 0 Å². The molecule has 0 saturated heterocycles. The van der Waals surface area contributed by atoms with E-state index < -0.39 is 0 Å². The Labute approximate surface area is 62.4 Å². The van der Waals surface area contributed by atoms with Gasteiger partial charge in [-0.25, -0.2) is 0 Å². The van der Waals surface area contributed by atoms with Gasteiger partial charge in [0.15, 0.2) is 0 Å². The molecular weight excluding hydrogens is 126 g/mol. The molecule has 3 N–H and O–H groups in total. The fourth-order valence-electron chi connectivity index (χ4n) is 1.15. The molecule has 1 aliphatic rings. The van der Waals surface area contributed by atoms with Crippen LogP contribution in [0.1, 0.15) is 39.0 Å². The summed E-state index contributed by atoms with van der Waals surface area (Å²) in [6.07, 6.45) is 5.09. The van der Waals surface area contributed by atoms with Crippen LogP contribution in [-0.4, -0.2) is 16.7 Å². The van der Waals surface area contributed by atoms with E-state index in [0.717, 1.165) is 32.1 Å². The number of hydrogen-bond donors (Lipinski definition) is 2. The lowest BCUT2D eigenvalue weighted by molar-refractivity contribution is 0.136. The summed E-state index contributed by atoms with van der Waals surface area (Å²) in [6.45, 7) is 2.01. The van der Waals surface area contributed by atoms with Crippen LogP contribution >= 0.6 is 0 Å². The first-order valence-electron chi connectivity index (χ1n) is 4.10. The van der Waals surface area contributed by atoms with Crippen LogP contribution in [0.5, 0.6) is 0 Å².